The topological polar surface area (TPSA) is 59.4 Å². The SMILES string of the molecule is O=C(NCc1ccccc1-n1ccnc1)N(CC1CCC1)CC1CCCO1. The molecule has 4 rings (SSSR count). The summed E-state index contributed by atoms with van der Waals surface area (Å²) in [5, 5.41) is 3.13. The van der Waals surface area contributed by atoms with E-state index in [-0.39, 0.29) is 12.1 Å². The summed E-state index contributed by atoms with van der Waals surface area (Å²) in [7, 11) is 0. The lowest BCUT2D eigenvalue weighted by atomic mass is 9.85. The fraction of sp³-hybridized carbons (Fsp3) is 0.524. The van der Waals surface area contributed by atoms with E-state index in [1.54, 1.807) is 12.5 Å². The number of carbonyl (C=O) groups is 1. The van der Waals surface area contributed by atoms with Gasteiger partial charge in [0.15, 0.2) is 0 Å². The second-order valence-electron chi connectivity index (χ2n) is 7.59. The molecule has 6 nitrogen and oxygen atoms in total. The average Bonchev–Trinajstić information content (AvgIpc) is 3.35. The van der Waals surface area contributed by atoms with Crippen LogP contribution >= 0.6 is 0 Å². The minimum absolute atomic E-state index is 0.0119. The fourth-order valence-corrected chi connectivity index (χ4v) is 3.86. The molecule has 6 heteroatoms. The van der Waals surface area contributed by atoms with E-state index >= 15 is 0 Å². The minimum Gasteiger partial charge on any atom is -0.376 e. The zero-order valence-electron chi connectivity index (χ0n) is 15.7. The van der Waals surface area contributed by atoms with Gasteiger partial charge < -0.3 is 19.5 Å². The molecule has 2 aliphatic rings. The highest BCUT2D eigenvalue weighted by atomic mass is 16.5. The molecule has 2 heterocycles. The Bertz CT molecular complexity index is 736. The smallest absolute Gasteiger partial charge is 0.317 e. The summed E-state index contributed by atoms with van der Waals surface area (Å²) in [5.41, 5.74) is 2.12. The molecule has 2 fully saturated rings. The monoisotopic (exact) mass is 368 g/mol. The third-order valence-electron chi connectivity index (χ3n) is 5.64. The molecule has 27 heavy (non-hydrogen) atoms. The Morgan fingerprint density at radius 1 is 1.22 bits per heavy atom. The van der Waals surface area contributed by atoms with Crippen LogP contribution in [0.2, 0.25) is 0 Å². The van der Waals surface area contributed by atoms with Crippen LogP contribution in [0.3, 0.4) is 0 Å². The Balaban J connectivity index is 1.40. The van der Waals surface area contributed by atoms with Gasteiger partial charge in [-0.25, -0.2) is 9.78 Å². The lowest BCUT2D eigenvalue weighted by Gasteiger charge is -2.33. The number of nitrogens with one attached hydrogen (secondary N) is 1. The number of hydrogen-bond acceptors (Lipinski definition) is 3. The van der Waals surface area contributed by atoms with Gasteiger partial charge in [-0.1, -0.05) is 24.6 Å². The van der Waals surface area contributed by atoms with Crippen LogP contribution in [0.1, 0.15) is 37.7 Å². The molecule has 0 radical (unpaired) electrons. The molecule has 2 amide bonds. The first-order valence-corrected chi connectivity index (χ1v) is 10.00. The third kappa shape index (κ3) is 4.50. The van der Waals surface area contributed by atoms with E-state index in [2.05, 4.69) is 10.3 Å². The first-order chi connectivity index (χ1) is 13.3. The van der Waals surface area contributed by atoms with E-state index < -0.39 is 0 Å². The van der Waals surface area contributed by atoms with Gasteiger partial charge in [0, 0.05) is 38.6 Å². The number of imidazole rings is 1. The molecule has 1 saturated heterocycles. The Morgan fingerprint density at radius 3 is 2.81 bits per heavy atom. The number of benzene rings is 1. The van der Waals surface area contributed by atoms with E-state index in [1.165, 1.54) is 19.3 Å². The van der Waals surface area contributed by atoms with Gasteiger partial charge in [-0.2, -0.15) is 0 Å². The minimum atomic E-state index is 0.0119. The van der Waals surface area contributed by atoms with Crippen molar-refractivity contribution in [2.24, 2.45) is 5.92 Å². The second-order valence-corrected chi connectivity index (χ2v) is 7.59. The van der Waals surface area contributed by atoms with Crippen molar-refractivity contribution in [3.8, 4) is 5.69 Å². The molecule has 1 aromatic heterocycles. The van der Waals surface area contributed by atoms with Gasteiger partial charge in [-0.15, -0.1) is 0 Å². The number of ether oxygens (including phenoxy) is 1. The highest BCUT2D eigenvalue weighted by molar-refractivity contribution is 5.74. The van der Waals surface area contributed by atoms with Crippen molar-refractivity contribution in [3.05, 3.63) is 48.5 Å². The number of amides is 2. The summed E-state index contributed by atoms with van der Waals surface area (Å²) in [6.07, 6.45) is 11.6. The normalized spacial score (nSPS) is 19.6. The lowest BCUT2D eigenvalue weighted by molar-refractivity contribution is 0.0720. The molecular formula is C21H28N4O2. The maximum Gasteiger partial charge on any atom is 0.317 e. The van der Waals surface area contributed by atoms with Crippen LogP contribution in [0.5, 0.6) is 0 Å². The third-order valence-corrected chi connectivity index (χ3v) is 5.64. The van der Waals surface area contributed by atoms with Gasteiger partial charge in [0.05, 0.1) is 18.1 Å². The van der Waals surface area contributed by atoms with Gasteiger partial charge in [0.1, 0.15) is 0 Å². The Hall–Kier alpha value is -2.34. The summed E-state index contributed by atoms with van der Waals surface area (Å²) in [4.78, 5) is 19.0. The van der Waals surface area contributed by atoms with Crippen molar-refractivity contribution in [3.63, 3.8) is 0 Å². The number of aromatic nitrogens is 2. The number of nitrogens with zero attached hydrogens (tertiary/aromatic N) is 3. The summed E-state index contributed by atoms with van der Waals surface area (Å²) in [6, 6.07) is 8.10. The van der Waals surface area contributed by atoms with Gasteiger partial charge in [0.2, 0.25) is 0 Å². The predicted molar refractivity (Wildman–Crippen MR) is 104 cm³/mol. The van der Waals surface area contributed by atoms with Crippen molar-refractivity contribution in [1.82, 2.24) is 19.8 Å². The van der Waals surface area contributed by atoms with Crippen LogP contribution in [-0.4, -0.2) is 46.3 Å². The number of carbonyl (C=O) groups excluding carboxylic acids is 1. The Kier molecular flexibility index (Phi) is 5.72. The van der Waals surface area contributed by atoms with Crippen LogP contribution in [0.4, 0.5) is 4.79 Å². The molecule has 1 aromatic carbocycles. The fourth-order valence-electron chi connectivity index (χ4n) is 3.86. The summed E-state index contributed by atoms with van der Waals surface area (Å²) in [5.74, 6) is 0.649. The largest absolute Gasteiger partial charge is 0.376 e. The van der Waals surface area contributed by atoms with E-state index in [0.717, 1.165) is 37.2 Å². The molecule has 1 aliphatic heterocycles. The van der Waals surface area contributed by atoms with Crippen LogP contribution in [0.15, 0.2) is 43.0 Å². The first kappa shape index (κ1) is 18.0. The Labute approximate surface area is 160 Å². The van der Waals surface area contributed by atoms with Crippen molar-refractivity contribution in [2.45, 2.75) is 44.8 Å². The number of para-hydroxylation sites is 1. The molecule has 0 spiro atoms. The number of hydrogen-bond donors (Lipinski definition) is 1. The van der Waals surface area contributed by atoms with Crippen molar-refractivity contribution in [2.75, 3.05) is 19.7 Å². The van der Waals surface area contributed by atoms with Crippen LogP contribution in [0, 0.1) is 5.92 Å². The van der Waals surface area contributed by atoms with Crippen LogP contribution < -0.4 is 5.32 Å². The molecule has 1 saturated carbocycles. The average molecular weight is 368 g/mol. The standard InChI is InChI=1S/C21H28N4O2/c26-21(25(14-17-5-3-6-17)15-19-8-4-12-27-19)23-13-18-7-1-2-9-20(18)24-11-10-22-16-24/h1-2,7,9-11,16-17,19H,3-6,8,12-15H2,(H,23,26). The van der Waals surface area contributed by atoms with Crippen molar-refractivity contribution < 1.29 is 9.53 Å². The maximum absolute atomic E-state index is 12.9. The predicted octanol–water partition coefficient (Wildman–Crippen LogP) is 3.36. The maximum atomic E-state index is 12.9. The zero-order chi connectivity index (χ0) is 18.5. The van der Waals surface area contributed by atoms with Gasteiger partial charge in [-0.3, -0.25) is 0 Å². The second kappa shape index (κ2) is 8.57. The van der Waals surface area contributed by atoms with Crippen LogP contribution in [-0.2, 0) is 11.3 Å². The molecule has 1 atom stereocenters. The molecule has 2 aromatic rings. The van der Waals surface area contributed by atoms with Crippen LogP contribution in [0.25, 0.3) is 5.69 Å². The molecule has 144 valence electrons. The molecule has 0 bridgehead atoms. The highest BCUT2D eigenvalue weighted by Crippen LogP contribution is 2.27. The summed E-state index contributed by atoms with van der Waals surface area (Å²) >= 11 is 0. The molecular weight excluding hydrogens is 340 g/mol. The number of rotatable bonds is 7. The Morgan fingerprint density at radius 2 is 2.11 bits per heavy atom. The first-order valence-electron chi connectivity index (χ1n) is 10.00. The molecule has 1 N–H and O–H groups in total. The number of urea groups is 1. The van der Waals surface area contributed by atoms with Gasteiger partial charge in [0.25, 0.3) is 0 Å². The van der Waals surface area contributed by atoms with Gasteiger partial charge in [-0.05, 0) is 43.2 Å². The highest BCUT2D eigenvalue weighted by Gasteiger charge is 2.27. The van der Waals surface area contributed by atoms with E-state index in [4.69, 9.17) is 4.74 Å². The lowest BCUT2D eigenvalue weighted by Crippen LogP contribution is -2.46. The summed E-state index contributed by atoms with van der Waals surface area (Å²) in [6.45, 7) is 2.86. The van der Waals surface area contributed by atoms with Gasteiger partial charge >= 0.3 is 6.03 Å². The zero-order valence-corrected chi connectivity index (χ0v) is 15.7. The van der Waals surface area contributed by atoms with Crippen molar-refractivity contribution >= 4 is 6.03 Å². The van der Waals surface area contributed by atoms with E-state index in [0.29, 0.717) is 19.0 Å². The van der Waals surface area contributed by atoms with E-state index in [1.807, 2.05) is 39.9 Å². The van der Waals surface area contributed by atoms with E-state index in [9.17, 15) is 4.79 Å². The molecule has 1 aliphatic carbocycles. The van der Waals surface area contributed by atoms with Crippen molar-refractivity contribution in [1.29, 1.82) is 0 Å². The quantitative estimate of drug-likeness (QED) is 0.815. The summed E-state index contributed by atoms with van der Waals surface area (Å²) < 4.78 is 7.74. The molecule has 1 unspecified atom stereocenters.